The molecule has 41 heavy (non-hydrogen) atoms. The van der Waals surface area contributed by atoms with Gasteiger partial charge in [-0.05, 0) is 76.4 Å². The van der Waals surface area contributed by atoms with Crippen LogP contribution in [0.15, 0.2) is 47.4 Å². The third-order valence-electron chi connectivity index (χ3n) is 7.16. The van der Waals surface area contributed by atoms with Gasteiger partial charge in [-0.3, -0.25) is 9.59 Å². The monoisotopic (exact) mass is 590 g/mol. The van der Waals surface area contributed by atoms with E-state index in [1.54, 1.807) is 42.2 Å². The van der Waals surface area contributed by atoms with Gasteiger partial charge in [-0.1, -0.05) is 6.92 Å². The summed E-state index contributed by atoms with van der Waals surface area (Å²) in [5.74, 6) is 0.0542. The maximum absolute atomic E-state index is 13.6. The number of fused-ring (bicyclic) bond motifs is 1. The van der Waals surface area contributed by atoms with Crippen molar-refractivity contribution in [3.05, 3.63) is 48.0 Å². The summed E-state index contributed by atoms with van der Waals surface area (Å²) in [6.45, 7) is 4.43. The second-order valence-corrected chi connectivity index (χ2v) is 12.8. The van der Waals surface area contributed by atoms with Gasteiger partial charge >= 0.3 is 0 Å². The lowest BCUT2D eigenvalue weighted by molar-refractivity contribution is -0.116. The first-order chi connectivity index (χ1) is 19.4. The van der Waals surface area contributed by atoms with Gasteiger partial charge in [0.25, 0.3) is 5.91 Å². The Kier molecular flexibility index (Phi) is 11.1. The molecule has 0 bridgehead atoms. The SMILES string of the molecule is COc1ccc(S(=O)(=O)N(C)C[C@@H]2Oc3ccc(NC(=O)CCCN(C)C)cc3C(=O)N([C@@H](C)CO)C[C@H]2C)cc1. The number of benzene rings is 2. The zero-order valence-corrected chi connectivity index (χ0v) is 25.5. The van der Waals surface area contributed by atoms with E-state index in [4.69, 9.17) is 9.47 Å². The molecule has 1 aliphatic heterocycles. The number of ether oxygens (including phenoxy) is 2. The minimum atomic E-state index is -3.84. The molecule has 11 nitrogen and oxygen atoms in total. The Hall–Kier alpha value is -3.19. The van der Waals surface area contributed by atoms with E-state index in [1.807, 2.05) is 25.9 Å². The van der Waals surface area contributed by atoms with Crippen molar-refractivity contribution >= 4 is 27.5 Å². The van der Waals surface area contributed by atoms with Crippen LogP contribution in [-0.4, -0.2) is 106 Å². The third kappa shape index (κ3) is 8.19. The van der Waals surface area contributed by atoms with Gasteiger partial charge in [-0.25, -0.2) is 8.42 Å². The molecule has 226 valence electrons. The number of sulfonamides is 1. The molecule has 2 amide bonds. The molecule has 2 aromatic carbocycles. The lowest BCUT2D eigenvalue weighted by atomic mass is 9.99. The molecule has 2 aromatic rings. The zero-order chi connectivity index (χ0) is 30.3. The Labute approximate surface area is 243 Å². The first kappa shape index (κ1) is 32.3. The summed E-state index contributed by atoms with van der Waals surface area (Å²) >= 11 is 0. The van der Waals surface area contributed by atoms with Gasteiger partial charge in [0.05, 0.1) is 36.8 Å². The second-order valence-electron chi connectivity index (χ2n) is 10.7. The molecule has 3 rings (SSSR count). The van der Waals surface area contributed by atoms with Gasteiger partial charge < -0.3 is 29.7 Å². The van der Waals surface area contributed by atoms with E-state index in [0.29, 0.717) is 24.3 Å². The maximum Gasteiger partial charge on any atom is 0.258 e. The summed E-state index contributed by atoms with van der Waals surface area (Å²) in [4.78, 5) is 29.8. The predicted molar refractivity (Wildman–Crippen MR) is 157 cm³/mol. The normalized spacial score (nSPS) is 18.4. The molecule has 0 saturated carbocycles. The minimum Gasteiger partial charge on any atom is -0.497 e. The van der Waals surface area contributed by atoms with Crippen LogP contribution in [0.1, 0.15) is 37.0 Å². The van der Waals surface area contributed by atoms with E-state index in [1.165, 1.54) is 30.6 Å². The van der Waals surface area contributed by atoms with Gasteiger partial charge in [0, 0.05) is 31.6 Å². The molecule has 0 spiro atoms. The average Bonchev–Trinajstić information content (AvgIpc) is 2.94. The number of nitrogens with zero attached hydrogens (tertiary/aromatic N) is 3. The maximum atomic E-state index is 13.6. The fourth-order valence-corrected chi connectivity index (χ4v) is 5.76. The fourth-order valence-electron chi connectivity index (χ4n) is 4.58. The van der Waals surface area contributed by atoms with E-state index in [-0.39, 0.29) is 53.6 Å². The fraction of sp³-hybridized carbons (Fsp3) is 0.517. The lowest BCUT2D eigenvalue weighted by Crippen LogP contribution is -2.50. The Balaban J connectivity index is 1.88. The lowest BCUT2D eigenvalue weighted by Gasteiger charge is -2.38. The highest BCUT2D eigenvalue weighted by Gasteiger charge is 2.35. The predicted octanol–water partition coefficient (Wildman–Crippen LogP) is 2.52. The minimum absolute atomic E-state index is 0.0227. The Morgan fingerprint density at radius 1 is 1.20 bits per heavy atom. The molecular formula is C29H42N4O7S. The summed E-state index contributed by atoms with van der Waals surface area (Å²) in [6, 6.07) is 10.5. The number of rotatable bonds is 12. The van der Waals surface area contributed by atoms with Crippen LogP contribution in [0.3, 0.4) is 0 Å². The van der Waals surface area contributed by atoms with E-state index in [0.717, 1.165) is 6.54 Å². The number of hydrogen-bond donors (Lipinski definition) is 2. The Morgan fingerprint density at radius 3 is 2.49 bits per heavy atom. The van der Waals surface area contributed by atoms with Crippen molar-refractivity contribution in [2.24, 2.45) is 5.92 Å². The van der Waals surface area contributed by atoms with E-state index < -0.39 is 22.2 Å². The first-order valence-corrected chi connectivity index (χ1v) is 15.1. The van der Waals surface area contributed by atoms with Crippen molar-refractivity contribution in [3.63, 3.8) is 0 Å². The standard InChI is InChI=1S/C29H42N4O7S/c1-20-17-33(21(2)19-34)29(36)25-16-22(30-28(35)8-7-15-31(3)4)9-14-26(25)40-27(20)18-32(5)41(37,38)24-12-10-23(39-6)11-13-24/h9-14,16,20-21,27,34H,7-8,15,17-19H2,1-6H3,(H,30,35)/t20-,21+,27+/m1/s1. The highest BCUT2D eigenvalue weighted by Crippen LogP contribution is 2.31. The average molecular weight is 591 g/mol. The van der Waals surface area contributed by atoms with Crippen molar-refractivity contribution in [3.8, 4) is 11.5 Å². The molecule has 0 saturated heterocycles. The largest absolute Gasteiger partial charge is 0.497 e. The number of hydrogen-bond acceptors (Lipinski definition) is 8. The van der Waals surface area contributed by atoms with E-state index in [2.05, 4.69) is 5.32 Å². The number of nitrogens with one attached hydrogen (secondary N) is 1. The summed E-state index contributed by atoms with van der Waals surface area (Å²) < 4.78 is 39.4. The van der Waals surface area contributed by atoms with Crippen molar-refractivity contribution in [2.45, 2.75) is 43.7 Å². The topological polar surface area (TPSA) is 129 Å². The highest BCUT2D eigenvalue weighted by atomic mass is 32.2. The van der Waals surface area contributed by atoms with Crippen LogP contribution >= 0.6 is 0 Å². The van der Waals surface area contributed by atoms with Crippen molar-refractivity contribution in [1.82, 2.24) is 14.1 Å². The number of aliphatic hydroxyl groups excluding tert-OH is 1. The summed E-state index contributed by atoms with van der Waals surface area (Å²) in [5.41, 5.74) is 0.686. The van der Waals surface area contributed by atoms with Gasteiger partial charge in [-0.2, -0.15) is 4.31 Å². The molecule has 2 N–H and O–H groups in total. The van der Waals surface area contributed by atoms with Gasteiger partial charge in [0.15, 0.2) is 0 Å². The number of amides is 2. The van der Waals surface area contributed by atoms with E-state index >= 15 is 0 Å². The molecule has 0 fully saturated rings. The number of likely N-dealkylation sites (N-methyl/N-ethyl adjacent to an activating group) is 1. The van der Waals surface area contributed by atoms with Crippen LogP contribution in [-0.2, 0) is 14.8 Å². The van der Waals surface area contributed by atoms with Gasteiger partial charge in [0.2, 0.25) is 15.9 Å². The number of carbonyl (C=O) groups excluding carboxylic acids is 2. The Morgan fingerprint density at radius 2 is 1.88 bits per heavy atom. The smallest absolute Gasteiger partial charge is 0.258 e. The molecule has 1 aliphatic rings. The van der Waals surface area contributed by atoms with Crippen LogP contribution in [0.5, 0.6) is 11.5 Å². The van der Waals surface area contributed by atoms with Crippen molar-refractivity contribution in [2.75, 3.05) is 59.8 Å². The van der Waals surface area contributed by atoms with Crippen LogP contribution in [0.4, 0.5) is 5.69 Å². The first-order valence-electron chi connectivity index (χ1n) is 13.6. The summed E-state index contributed by atoms with van der Waals surface area (Å²) in [7, 11) is 3.05. The molecular weight excluding hydrogens is 548 g/mol. The number of aliphatic hydroxyl groups is 1. The van der Waals surface area contributed by atoms with E-state index in [9.17, 15) is 23.1 Å². The van der Waals surface area contributed by atoms with Gasteiger partial charge in [0.1, 0.15) is 17.6 Å². The molecule has 12 heteroatoms. The molecule has 0 unspecified atom stereocenters. The second kappa shape index (κ2) is 14.1. The third-order valence-corrected chi connectivity index (χ3v) is 9.00. The van der Waals surface area contributed by atoms with Crippen molar-refractivity contribution < 1.29 is 32.6 Å². The zero-order valence-electron chi connectivity index (χ0n) is 24.7. The quantitative estimate of drug-likeness (QED) is 0.386. The van der Waals surface area contributed by atoms with Crippen molar-refractivity contribution in [1.29, 1.82) is 0 Å². The number of anilines is 1. The van der Waals surface area contributed by atoms with Crippen LogP contribution in [0.2, 0.25) is 0 Å². The molecule has 0 aliphatic carbocycles. The molecule has 0 radical (unpaired) electrons. The summed E-state index contributed by atoms with van der Waals surface area (Å²) in [6.07, 6.45) is 0.419. The van der Waals surface area contributed by atoms with Gasteiger partial charge in [-0.15, -0.1) is 0 Å². The summed E-state index contributed by atoms with van der Waals surface area (Å²) in [5, 5.41) is 12.7. The molecule has 3 atom stereocenters. The van der Waals surface area contributed by atoms with Crippen LogP contribution in [0.25, 0.3) is 0 Å². The number of carbonyl (C=O) groups is 2. The van der Waals surface area contributed by atoms with Crippen LogP contribution in [0, 0.1) is 5.92 Å². The Bertz CT molecular complexity index is 1300. The molecule has 1 heterocycles. The number of methoxy groups -OCH3 is 1. The molecule has 0 aromatic heterocycles. The highest BCUT2D eigenvalue weighted by molar-refractivity contribution is 7.89. The van der Waals surface area contributed by atoms with Crippen LogP contribution < -0.4 is 14.8 Å².